The smallest absolute Gasteiger partial charge is 0.245 e. The predicted molar refractivity (Wildman–Crippen MR) is 197 cm³/mol. The first kappa shape index (κ1) is 37.9. The molecule has 47 heavy (non-hydrogen) atoms. The molecule has 0 spiro atoms. The highest BCUT2D eigenvalue weighted by atomic mass is 32.2. The van der Waals surface area contributed by atoms with Gasteiger partial charge in [-0.05, 0) is 90.5 Å². The van der Waals surface area contributed by atoms with Crippen molar-refractivity contribution in [3.05, 3.63) is 83.9 Å². The molecular formula is C40H54N2O4S. The minimum absolute atomic E-state index is 0.0247. The van der Waals surface area contributed by atoms with E-state index in [0.717, 1.165) is 29.9 Å². The normalized spacial score (nSPS) is 12.4. The molecule has 3 aromatic carbocycles. The Balaban J connectivity index is 1.55. The highest BCUT2D eigenvalue weighted by molar-refractivity contribution is 8.01. The van der Waals surface area contributed by atoms with Gasteiger partial charge in [-0.3, -0.25) is 14.4 Å². The second kappa shape index (κ2) is 17.5. The second-order valence-electron chi connectivity index (χ2n) is 14.0. The predicted octanol–water partition coefficient (Wildman–Crippen LogP) is 9.96. The highest BCUT2D eigenvalue weighted by Crippen LogP contribution is 2.38. The Morgan fingerprint density at radius 2 is 1.40 bits per heavy atom. The quantitative estimate of drug-likeness (QED) is 0.0807. The molecular weight excluding hydrogens is 605 g/mol. The van der Waals surface area contributed by atoms with Crippen LogP contribution >= 0.6 is 11.8 Å². The molecule has 0 heterocycles. The van der Waals surface area contributed by atoms with Gasteiger partial charge in [0.2, 0.25) is 11.8 Å². The number of rotatable bonds is 18. The second-order valence-corrected chi connectivity index (χ2v) is 15.1. The summed E-state index contributed by atoms with van der Waals surface area (Å²) in [7, 11) is 0. The number of thioether (sulfide) groups is 1. The molecule has 1 unspecified atom stereocenters. The summed E-state index contributed by atoms with van der Waals surface area (Å²) in [5.41, 5.74) is 3.79. The van der Waals surface area contributed by atoms with Crippen molar-refractivity contribution in [1.29, 1.82) is 0 Å². The summed E-state index contributed by atoms with van der Waals surface area (Å²) >= 11 is 1.27. The van der Waals surface area contributed by atoms with E-state index in [1.165, 1.54) is 22.9 Å². The fraction of sp³-hybridized carbons (Fsp3) is 0.475. The minimum atomic E-state index is -0.844. The zero-order chi connectivity index (χ0) is 34.6. The van der Waals surface area contributed by atoms with E-state index in [-0.39, 0.29) is 28.4 Å². The van der Waals surface area contributed by atoms with Crippen LogP contribution in [0.15, 0.2) is 77.7 Å². The number of ketones is 1. The molecule has 3 rings (SSSR count). The Kier molecular flexibility index (Phi) is 14.1. The van der Waals surface area contributed by atoms with Gasteiger partial charge in [-0.2, -0.15) is 0 Å². The van der Waals surface area contributed by atoms with Crippen LogP contribution in [0.5, 0.6) is 5.75 Å². The maximum atomic E-state index is 13.2. The number of benzene rings is 3. The van der Waals surface area contributed by atoms with Gasteiger partial charge in [-0.15, -0.1) is 11.8 Å². The van der Waals surface area contributed by atoms with Gasteiger partial charge in [0.05, 0.1) is 6.61 Å². The molecule has 2 amide bonds. The Bertz CT molecular complexity index is 1470. The van der Waals surface area contributed by atoms with Gasteiger partial charge in [-0.25, -0.2) is 0 Å². The van der Waals surface area contributed by atoms with Crippen LogP contribution in [-0.4, -0.2) is 29.5 Å². The van der Waals surface area contributed by atoms with Crippen LogP contribution in [0.25, 0.3) is 0 Å². The van der Waals surface area contributed by atoms with Gasteiger partial charge >= 0.3 is 0 Å². The summed E-state index contributed by atoms with van der Waals surface area (Å²) in [5.74, 6) is 0.728. The van der Waals surface area contributed by atoms with Gasteiger partial charge < -0.3 is 15.4 Å². The van der Waals surface area contributed by atoms with Crippen molar-refractivity contribution >= 4 is 40.7 Å². The lowest BCUT2D eigenvalue weighted by Gasteiger charge is -2.30. The largest absolute Gasteiger partial charge is 0.493 e. The van der Waals surface area contributed by atoms with E-state index >= 15 is 0 Å². The standard InChI is InChI=1S/C40H54N2O4S/c1-9-39(5,6)29-19-25-35(33(27-29)40(7,8)10-2)46-26-14-17-36(44)41-30-20-22-31(23-21-30)42-38(45)37(34(43)24-18-28(3)4)47-32-15-12-11-13-16-32/h11-13,15-16,19-23,25,27-28,37H,9-10,14,17-18,24,26H2,1-8H3,(H,41,44)(H,42,45). The van der Waals surface area contributed by atoms with Crippen molar-refractivity contribution in [2.24, 2.45) is 5.92 Å². The first-order valence-electron chi connectivity index (χ1n) is 17.0. The van der Waals surface area contributed by atoms with E-state index in [1.807, 2.05) is 30.3 Å². The summed E-state index contributed by atoms with van der Waals surface area (Å²) in [4.78, 5) is 39.9. The SMILES string of the molecule is CCC(C)(C)c1ccc(OCCCC(=O)Nc2ccc(NC(=O)C(Sc3ccccc3)C(=O)CCC(C)C)cc2)c(C(C)(C)CC)c1. The number of hydrogen-bond donors (Lipinski definition) is 2. The van der Waals surface area contributed by atoms with Gasteiger partial charge in [0, 0.05) is 34.7 Å². The lowest BCUT2D eigenvalue weighted by molar-refractivity contribution is -0.125. The number of hydrogen-bond acceptors (Lipinski definition) is 5. The molecule has 0 bridgehead atoms. The third-order valence-electron chi connectivity index (χ3n) is 9.00. The fourth-order valence-corrected chi connectivity index (χ4v) is 5.95. The van der Waals surface area contributed by atoms with E-state index in [2.05, 4.69) is 84.2 Å². The van der Waals surface area contributed by atoms with Gasteiger partial charge in [0.1, 0.15) is 11.0 Å². The average Bonchev–Trinajstić information content (AvgIpc) is 3.05. The zero-order valence-corrected chi connectivity index (χ0v) is 30.4. The summed E-state index contributed by atoms with van der Waals surface area (Å²) in [6, 6.07) is 23.0. The molecule has 0 saturated heterocycles. The fourth-order valence-electron chi connectivity index (χ4n) is 4.95. The van der Waals surface area contributed by atoms with Crippen molar-refractivity contribution in [2.45, 2.75) is 115 Å². The molecule has 3 aromatic rings. The van der Waals surface area contributed by atoms with Gasteiger partial charge in [0.25, 0.3) is 0 Å². The van der Waals surface area contributed by atoms with Crippen LogP contribution in [0.1, 0.15) is 105 Å². The molecule has 0 aliphatic heterocycles. The van der Waals surface area contributed by atoms with Gasteiger partial charge in [-0.1, -0.05) is 85.7 Å². The van der Waals surface area contributed by atoms with Crippen LogP contribution in [0.3, 0.4) is 0 Å². The molecule has 7 heteroatoms. The van der Waals surface area contributed by atoms with Crippen molar-refractivity contribution in [3.8, 4) is 5.75 Å². The molecule has 2 N–H and O–H groups in total. The van der Waals surface area contributed by atoms with Crippen molar-refractivity contribution < 1.29 is 19.1 Å². The Morgan fingerprint density at radius 3 is 2.00 bits per heavy atom. The third kappa shape index (κ3) is 11.6. The number of ether oxygens (including phenoxy) is 1. The molecule has 0 aliphatic rings. The minimum Gasteiger partial charge on any atom is -0.493 e. The maximum absolute atomic E-state index is 13.2. The van der Waals surface area contributed by atoms with Crippen molar-refractivity contribution in [2.75, 3.05) is 17.2 Å². The number of carbonyl (C=O) groups is 3. The third-order valence-corrected chi connectivity index (χ3v) is 10.3. The molecule has 0 aromatic heterocycles. The summed E-state index contributed by atoms with van der Waals surface area (Å²) < 4.78 is 6.23. The van der Waals surface area contributed by atoms with Crippen LogP contribution in [0, 0.1) is 5.92 Å². The maximum Gasteiger partial charge on any atom is 0.245 e. The van der Waals surface area contributed by atoms with E-state index in [0.29, 0.717) is 43.2 Å². The van der Waals surface area contributed by atoms with Gasteiger partial charge in [0.15, 0.2) is 5.78 Å². The lowest BCUT2D eigenvalue weighted by Crippen LogP contribution is -2.32. The summed E-state index contributed by atoms with van der Waals surface area (Å²) in [6.45, 7) is 18.0. The summed E-state index contributed by atoms with van der Waals surface area (Å²) in [6.07, 6.45) is 4.05. The first-order valence-corrected chi connectivity index (χ1v) is 17.9. The Hall–Kier alpha value is -3.58. The molecule has 1 atom stereocenters. The number of Topliss-reactive ketones (excluding diaryl/α,β-unsaturated/α-hetero) is 1. The summed E-state index contributed by atoms with van der Waals surface area (Å²) in [5, 5.41) is 4.98. The van der Waals surface area contributed by atoms with E-state index in [1.54, 1.807) is 24.3 Å². The molecule has 0 aliphatic carbocycles. The average molecular weight is 659 g/mol. The van der Waals surface area contributed by atoms with Crippen LogP contribution in [0.2, 0.25) is 0 Å². The lowest BCUT2D eigenvalue weighted by atomic mass is 9.76. The number of carbonyl (C=O) groups excluding carboxylic acids is 3. The Morgan fingerprint density at radius 1 is 0.787 bits per heavy atom. The van der Waals surface area contributed by atoms with Crippen molar-refractivity contribution in [1.82, 2.24) is 0 Å². The Labute approximate surface area is 286 Å². The van der Waals surface area contributed by atoms with E-state index in [4.69, 9.17) is 4.74 Å². The number of amides is 2. The van der Waals surface area contributed by atoms with Crippen LogP contribution < -0.4 is 15.4 Å². The first-order chi connectivity index (χ1) is 22.3. The van der Waals surface area contributed by atoms with E-state index < -0.39 is 5.25 Å². The van der Waals surface area contributed by atoms with Crippen molar-refractivity contribution in [3.63, 3.8) is 0 Å². The number of anilines is 2. The highest BCUT2D eigenvalue weighted by Gasteiger charge is 2.28. The number of nitrogens with one attached hydrogen (secondary N) is 2. The monoisotopic (exact) mass is 658 g/mol. The molecule has 0 fully saturated rings. The topological polar surface area (TPSA) is 84.5 Å². The molecule has 0 saturated carbocycles. The zero-order valence-electron chi connectivity index (χ0n) is 29.6. The van der Waals surface area contributed by atoms with Crippen LogP contribution in [-0.2, 0) is 25.2 Å². The molecule has 6 nitrogen and oxygen atoms in total. The van der Waals surface area contributed by atoms with E-state index in [9.17, 15) is 14.4 Å². The molecule has 0 radical (unpaired) electrons. The molecule has 254 valence electrons. The van der Waals surface area contributed by atoms with Crippen LogP contribution in [0.4, 0.5) is 11.4 Å².